The lowest BCUT2D eigenvalue weighted by Gasteiger charge is -2.21. The number of hydrogen-bond donors (Lipinski definition) is 1. The fourth-order valence-corrected chi connectivity index (χ4v) is 1.13. The van der Waals surface area contributed by atoms with E-state index in [1.807, 2.05) is 6.92 Å². The molecule has 0 aliphatic carbocycles. The first kappa shape index (κ1) is 15.1. The minimum atomic E-state index is -0.339. The molecule has 16 heavy (non-hydrogen) atoms. The third kappa shape index (κ3) is 6.53. The molecule has 5 heteroatoms. The Morgan fingerprint density at radius 1 is 1.38 bits per heavy atom. The van der Waals surface area contributed by atoms with Crippen LogP contribution in [0.2, 0.25) is 0 Å². The monoisotopic (exact) mass is 231 g/mol. The number of esters is 1. The molecular formula is C11H21NO4. The van der Waals surface area contributed by atoms with Crippen molar-refractivity contribution in [1.29, 1.82) is 0 Å². The number of aliphatic hydroxyl groups excluding tert-OH is 1. The molecular weight excluding hydrogens is 210 g/mol. The molecule has 0 aromatic rings. The molecule has 0 radical (unpaired) electrons. The van der Waals surface area contributed by atoms with E-state index in [4.69, 9.17) is 9.84 Å². The van der Waals surface area contributed by atoms with Crippen LogP contribution in [-0.4, -0.2) is 54.6 Å². The van der Waals surface area contributed by atoms with Crippen molar-refractivity contribution in [2.75, 3.05) is 26.8 Å². The normalized spacial score (nSPS) is 12.6. The molecule has 0 amide bonds. The van der Waals surface area contributed by atoms with Gasteiger partial charge in [0.15, 0.2) is 0 Å². The first-order valence-electron chi connectivity index (χ1n) is 5.49. The number of likely N-dealkylation sites (N-methyl/N-ethyl adjacent to an activating group) is 1. The smallest absolute Gasteiger partial charge is 0.306 e. The van der Waals surface area contributed by atoms with Gasteiger partial charge in [0.25, 0.3) is 0 Å². The summed E-state index contributed by atoms with van der Waals surface area (Å²) in [5.74, 6) is -0.357. The maximum absolute atomic E-state index is 11.5. The second-order valence-electron chi connectivity index (χ2n) is 3.79. The number of rotatable bonds is 8. The first-order valence-corrected chi connectivity index (χ1v) is 5.49. The van der Waals surface area contributed by atoms with Gasteiger partial charge in [-0.3, -0.25) is 14.5 Å². The van der Waals surface area contributed by atoms with Crippen LogP contribution in [-0.2, 0) is 14.3 Å². The molecule has 0 saturated heterocycles. The van der Waals surface area contributed by atoms with Crippen LogP contribution in [0.15, 0.2) is 0 Å². The highest BCUT2D eigenvalue weighted by Crippen LogP contribution is 1.99. The molecule has 0 aliphatic heterocycles. The number of carbonyl (C=O) groups is 2. The van der Waals surface area contributed by atoms with Gasteiger partial charge in [-0.2, -0.15) is 0 Å². The van der Waals surface area contributed by atoms with Crippen molar-refractivity contribution >= 4 is 11.8 Å². The van der Waals surface area contributed by atoms with Gasteiger partial charge in [0.2, 0.25) is 0 Å². The van der Waals surface area contributed by atoms with E-state index < -0.39 is 0 Å². The van der Waals surface area contributed by atoms with Gasteiger partial charge in [0, 0.05) is 12.5 Å². The summed E-state index contributed by atoms with van der Waals surface area (Å²) in [5.41, 5.74) is 0. The van der Waals surface area contributed by atoms with Crippen LogP contribution in [0.25, 0.3) is 0 Å². The average molecular weight is 231 g/mol. The highest BCUT2D eigenvalue weighted by atomic mass is 16.5. The van der Waals surface area contributed by atoms with Crippen molar-refractivity contribution in [3.05, 3.63) is 0 Å². The lowest BCUT2D eigenvalue weighted by Crippen LogP contribution is -2.36. The van der Waals surface area contributed by atoms with E-state index >= 15 is 0 Å². The standard InChI is InChI=1S/C11H21NO4/c1-4-16-11(15)6-5-10(14)7-12(3)9(2)8-13/h9,13H,4-8H2,1-3H3. The van der Waals surface area contributed by atoms with E-state index in [0.29, 0.717) is 6.61 Å². The van der Waals surface area contributed by atoms with Gasteiger partial charge in [-0.15, -0.1) is 0 Å². The Morgan fingerprint density at radius 2 is 2.00 bits per heavy atom. The van der Waals surface area contributed by atoms with E-state index in [2.05, 4.69) is 0 Å². The van der Waals surface area contributed by atoms with Gasteiger partial charge in [-0.05, 0) is 20.9 Å². The maximum atomic E-state index is 11.5. The minimum absolute atomic E-state index is 0.0155. The van der Waals surface area contributed by atoms with Crippen LogP contribution in [0, 0.1) is 0 Å². The fourth-order valence-electron chi connectivity index (χ4n) is 1.13. The molecule has 0 heterocycles. The predicted octanol–water partition coefficient (Wildman–Crippen LogP) is 0.211. The molecule has 1 atom stereocenters. The molecule has 1 N–H and O–H groups in total. The van der Waals surface area contributed by atoms with Crippen molar-refractivity contribution in [1.82, 2.24) is 4.90 Å². The third-order valence-corrected chi connectivity index (χ3v) is 2.36. The summed E-state index contributed by atoms with van der Waals surface area (Å²) in [5, 5.41) is 8.88. The molecule has 0 spiro atoms. The topological polar surface area (TPSA) is 66.8 Å². The van der Waals surface area contributed by atoms with Gasteiger partial charge in [-0.1, -0.05) is 0 Å². The van der Waals surface area contributed by atoms with Crippen molar-refractivity contribution in [3.8, 4) is 0 Å². The lowest BCUT2D eigenvalue weighted by atomic mass is 10.2. The molecule has 0 rings (SSSR count). The Bertz CT molecular complexity index is 230. The molecule has 94 valence electrons. The Balaban J connectivity index is 3.78. The quantitative estimate of drug-likeness (QED) is 0.605. The second kappa shape index (κ2) is 8.24. The van der Waals surface area contributed by atoms with Gasteiger partial charge >= 0.3 is 5.97 Å². The number of aliphatic hydroxyl groups is 1. The van der Waals surface area contributed by atoms with Crippen LogP contribution >= 0.6 is 0 Å². The summed E-state index contributed by atoms with van der Waals surface area (Å²) in [7, 11) is 1.77. The summed E-state index contributed by atoms with van der Waals surface area (Å²) >= 11 is 0. The Kier molecular flexibility index (Phi) is 7.76. The fraction of sp³-hybridized carbons (Fsp3) is 0.818. The Labute approximate surface area is 96.4 Å². The molecule has 0 aromatic heterocycles. The van der Waals surface area contributed by atoms with E-state index in [-0.39, 0.29) is 43.8 Å². The van der Waals surface area contributed by atoms with Crippen molar-refractivity contribution in [2.24, 2.45) is 0 Å². The highest BCUT2D eigenvalue weighted by molar-refractivity contribution is 5.84. The third-order valence-electron chi connectivity index (χ3n) is 2.36. The zero-order valence-corrected chi connectivity index (χ0v) is 10.2. The summed E-state index contributed by atoms with van der Waals surface area (Å²) in [6.45, 7) is 4.17. The molecule has 0 aromatic carbocycles. The SMILES string of the molecule is CCOC(=O)CCC(=O)CN(C)C(C)CO. The van der Waals surface area contributed by atoms with Gasteiger partial charge in [-0.25, -0.2) is 0 Å². The number of ether oxygens (including phenoxy) is 1. The van der Waals surface area contributed by atoms with Crippen LogP contribution < -0.4 is 0 Å². The lowest BCUT2D eigenvalue weighted by molar-refractivity contribution is -0.144. The Hall–Kier alpha value is -0.940. The number of Topliss-reactive ketones (excluding diaryl/α,β-unsaturated/α-hetero) is 1. The van der Waals surface area contributed by atoms with E-state index in [1.54, 1.807) is 18.9 Å². The second-order valence-corrected chi connectivity index (χ2v) is 3.79. The molecule has 1 unspecified atom stereocenters. The molecule has 0 saturated carbocycles. The minimum Gasteiger partial charge on any atom is -0.466 e. The van der Waals surface area contributed by atoms with Crippen LogP contribution in [0.3, 0.4) is 0 Å². The zero-order valence-electron chi connectivity index (χ0n) is 10.2. The van der Waals surface area contributed by atoms with Crippen molar-refractivity contribution < 1.29 is 19.4 Å². The van der Waals surface area contributed by atoms with Crippen LogP contribution in [0.5, 0.6) is 0 Å². The number of nitrogens with zero attached hydrogens (tertiary/aromatic N) is 1. The molecule has 0 fully saturated rings. The van der Waals surface area contributed by atoms with E-state index in [1.165, 1.54) is 0 Å². The van der Waals surface area contributed by atoms with E-state index in [9.17, 15) is 9.59 Å². The summed E-state index contributed by atoms with van der Waals surface area (Å²) in [4.78, 5) is 24.2. The van der Waals surface area contributed by atoms with Crippen LogP contribution in [0.1, 0.15) is 26.7 Å². The average Bonchev–Trinajstić information content (AvgIpc) is 2.25. The molecule has 5 nitrogen and oxygen atoms in total. The first-order chi connectivity index (χ1) is 7.51. The molecule has 0 bridgehead atoms. The molecule has 0 aliphatic rings. The zero-order chi connectivity index (χ0) is 12.6. The summed E-state index contributed by atoms with van der Waals surface area (Å²) in [6, 6.07) is -0.0495. The number of hydrogen-bond acceptors (Lipinski definition) is 5. The maximum Gasteiger partial charge on any atom is 0.306 e. The number of ketones is 1. The number of carbonyl (C=O) groups excluding carboxylic acids is 2. The van der Waals surface area contributed by atoms with Crippen molar-refractivity contribution in [3.63, 3.8) is 0 Å². The van der Waals surface area contributed by atoms with Crippen molar-refractivity contribution in [2.45, 2.75) is 32.7 Å². The Morgan fingerprint density at radius 3 is 2.50 bits per heavy atom. The summed E-state index contributed by atoms with van der Waals surface area (Å²) < 4.78 is 4.72. The van der Waals surface area contributed by atoms with Crippen LogP contribution in [0.4, 0.5) is 0 Å². The highest BCUT2D eigenvalue weighted by Gasteiger charge is 2.13. The van der Waals surface area contributed by atoms with Gasteiger partial charge < -0.3 is 9.84 Å². The largest absolute Gasteiger partial charge is 0.466 e. The predicted molar refractivity (Wildman–Crippen MR) is 60.1 cm³/mol. The van der Waals surface area contributed by atoms with Gasteiger partial charge in [0.05, 0.1) is 26.2 Å². The van der Waals surface area contributed by atoms with Gasteiger partial charge in [0.1, 0.15) is 5.78 Å². The van der Waals surface area contributed by atoms with E-state index in [0.717, 1.165) is 0 Å². The summed E-state index contributed by atoms with van der Waals surface area (Å²) in [6.07, 6.45) is 0.329.